The van der Waals surface area contributed by atoms with Gasteiger partial charge >= 0.3 is 0 Å². The second kappa shape index (κ2) is 5.61. The van der Waals surface area contributed by atoms with E-state index in [2.05, 4.69) is 10.2 Å². The zero-order chi connectivity index (χ0) is 13.1. The first-order valence-corrected chi connectivity index (χ1v) is 6.81. The van der Waals surface area contributed by atoms with Gasteiger partial charge in [0.05, 0.1) is 10.7 Å². The molecular weight excluding hydrogens is 248 g/mol. The first-order valence-electron chi connectivity index (χ1n) is 6.43. The Bertz CT molecular complexity index is 439. The number of carbonyl (C=O) groups excluding carboxylic acids is 1. The van der Waals surface area contributed by atoms with Gasteiger partial charge in [0.15, 0.2) is 0 Å². The summed E-state index contributed by atoms with van der Waals surface area (Å²) >= 11 is 6.21. The number of nitrogens with one attached hydrogen (secondary N) is 1. The lowest BCUT2D eigenvalue weighted by Gasteiger charge is -2.20. The molecule has 0 spiro atoms. The minimum Gasteiger partial charge on any atom is -0.370 e. The molecule has 0 saturated carbocycles. The third-order valence-corrected chi connectivity index (χ3v) is 3.39. The van der Waals surface area contributed by atoms with Crippen LogP contribution in [0.2, 0.25) is 5.02 Å². The van der Waals surface area contributed by atoms with Crippen molar-refractivity contribution < 1.29 is 4.79 Å². The van der Waals surface area contributed by atoms with Gasteiger partial charge in [-0.05, 0) is 44.9 Å². The summed E-state index contributed by atoms with van der Waals surface area (Å²) in [6.07, 6.45) is 2.39. The van der Waals surface area contributed by atoms with Gasteiger partial charge in [0.2, 0.25) is 0 Å². The number of hydrogen-bond acceptors (Lipinski definition) is 2. The predicted molar refractivity (Wildman–Crippen MR) is 75.5 cm³/mol. The van der Waals surface area contributed by atoms with Crippen LogP contribution in [0.25, 0.3) is 0 Å². The summed E-state index contributed by atoms with van der Waals surface area (Å²) in [7, 11) is 0. The summed E-state index contributed by atoms with van der Waals surface area (Å²) in [5, 5.41) is 3.62. The standard InChI is InChI=1S/C14H19ClN2O/c1-10(2)16-14(18)11-5-6-12(15)13(9-11)17-7-3-4-8-17/h5-6,9-10H,3-4,7-8H2,1-2H3,(H,16,18). The average Bonchev–Trinajstić information content (AvgIpc) is 2.82. The third-order valence-electron chi connectivity index (χ3n) is 3.07. The van der Waals surface area contributed by atoms with Crippen molar-refractivity contribution >= 4 is 23.2 Å². The summed E-state index contributed by atoms with van der Waals surface area (Å²) in [5.74, 6) is -0.0397. The smallest absolute Gasteiger partial charge is 0.251 e. The number of amides is 1. The van der Waals surface area contributed by atoms with E-state index in [9.17, 15) is 4.79 Å². The molecule has 1 heterocycles. The lowest BCUT2D eigenvalue weighted by Crippen LogP contribution is -2.30. The quantitative estimate of drug-likeness (QED) is 0.912. The fraction of sp³-hybridized carbons (Fsp3) is 0.500. The Morgan fingerprint density at radius 2 is 2.00 bits per heavy atom. The number of rotatable bonds is 3. The lowest BCUT2D eigenvalue weighted by atomic mass is 10.1. The highest BCUT2D eigenvalue weighted by Gasteiger charge is 2.17. The van der Waals surface area contributed by atoms with Crippen LogP contribution >= 0.6 is 11.6 Å². The van der Waals surface area contributed by atoms with Crippen LogP contribution in [0.3, 0.4) is 0 Å². The molecule has 1 amide bonds. The molecule has 1 aromatic rings. The lowest BCUT2D eigenvalue weighted by molar-refractivity contribution is 0.0943. The van der Waals surface area contributed by atoms with E-state index in [1.165, 1.54) is 12.8 Å². The highest BCUT2D eigenvalue weighted by atomic mass is 35.5. The van der Waals surface area contributed by atoms with Crippen molar-refractivity contribution in [2.45, 2.75) is 32.7 Å². The van der Waals surface area contributed by atoms with E-state index >= 15 is 0 Å². The highest BCUT2D eigenvalue weighted by molar-refractivity contribution is 6.33. The molecule has 4 heteroatoms. The number of benzene rings is 1. The topological polar surface area (TPSA) is 32.3 Å². The van der Waals surface area contributed by atoms with Crippen molar-refractivity contribution in [1.82, 2.24) is 5.32 Å². The van der Waals surface area contributed by atoms with Crippen LogP contribution in [-0.4, -0.2) is 25.0 Å². The number of carbonyl (C=O) groups is 1. The van der Waals surface area contributed by atoms with Gasteiger partial charge in [0, 0.05) is 24.7 Å². The zero-order valence-corrected chi connectivity index (χ0v) is 11.6. The van der Waals surface area contributed by atoms with Crippen LogP contribution in [-0.2, 0) is 0 Å². The van der Waals surface area contributed by atoms with E-state index in [4.69, 9.17) is 11.6 Å². The summed E-state index contributed by atoms with van der Waals surface area (Å²) in [6, 6.07) is 5.62. The Hall–Kier alpha value is -1.22. The Morgan fingerprint density at radius 3 is 2.61 bits per heavy atom. The van der Waals surface area contributed by atoms with E-state index in [1.807, 2.05) is 26.0 Å². The maximum Gasteiger partial charge on any atom is 0.251 e. The van der Waals surface area contributed by atoms with E-state index in [-0.39, 0.29) is 11.9 Å². The van der Waals surface area contributed by atoms with Crippen molar-refractivity contribution in [3.63, 3.8) is 0 Å². The number of halogens is 1. The van der Waals surface area contributed by atoms with Crippen LogP contribution in [0.15, 0.2) is 18.2 Å². The van der Waals surface area contributed by atoms with Crippen LogP contribution in [0.1, 0.15) is 37.0 Å². The summed E-state index contributed by atoms with van der Waals surface area (Å²) in [5.41, 5.74) is 1.65. The first-order chi connectivity index (χ1) is 8.58. The average molecular weight is 267 g/mol. The van der Waals surface area contributed by atoms with E-state index < -0.39 is 0 Å². The van der Waals surface area contributed by atoms with Gasteiger partial charge in [-0.2, -0.15) is 0 Å². The molecule has 1 saturated heterocycles. The molecule has 0 atom stereocenters. The number of hydrogen-bond donors (Lipinski definition) is 1. The molecule has 98 valence electrons. The summed E-state index contributed by atoms with van der Waals surface area (Å²) in [4.78, 5) is 14.2. The molecule has 3 nitrogen and oxygen atoms in total. The van der Waals surface area contributed by atoms with E-state index in [1.54, 1.807) is 6.07 Å². The Labute approximate surface area is 113 Å². The van der Waals surface area contributed by atoms with Crippen LogP contribution in [0, 0.1) is 0 Å². The van der Waals surface area contributed by atoms with Gasteiger partial charge in [-0.1, -0.05) is 11.6 Å². The minimum absolute atomic E-state index is 0.0397. The molecule has 1 aliphatic rings. The largest absolute Gasteiger partial charge is 0.370 e. The molecule has 0 radical (unpaired) electrons. The Kier molecular flexibility index (Phi) is 4.12. The SMILES string of the molecule is CC(C)NC(=O)c1ccc(Cl)c(N2CCCC2)c1. The van der Waals surface area contributed by atoms with Crippen molar-refractivity contribution in [3.05, 3.63) is 28.8 Å². The van der Waals surface area contributed by atoms with Crippen molar-refractivity contribution in [3.8, 4) is 0 Å². The predicted octanol–water partition coefficient (Wildman–Crippen LogP) is 3.08. The second-order valence-electron chi connectivity index (χ2n) is 4.99. The first kappa shape index (κ1) is 13.2. The monoisotopic (exact) mass is 266 g/mol. The van der Waals surface area contributed by atoms with Gasteiger partial charge in [-0.3, -0.25) is 4.79 Å². The zero-order valence-electron chi connectivity index (χ0n) is 10.9. The van der Waals surface area contributed by atoms with Crippen LogP contribution < -0.4 is 10.2 Å². The van der Waals surface area contributed by atoms with Crippen molar-refractivity contribution in [2.75, 3.05) is 18.0 Å². The molecule has 0 aromatic heterocycles. The maximum atomic E-state index is 12.0. The normalized spacial score (nSPS) is 15.2. The number of nitrogens with zero attached hydrogens (tertiary/aromatic N) is 1. The van der Waals surface area contributed by atoms with Gasteiger partial charge in [0.1, 0.15) is 0 Å². The molecule has 0 unspecified atom stereocenters. The van der Waals surface area contributed by atoms with Gasteiger partial charge in [0.25, 0.3) is 5.91 Å². The molecule has 1 aromatic carbocycles. The molecule has 18 heavy (non-hydrogen) atoms. The van der Waals surface area contributed by atoms with E-state index in [0.29, 0.717) is 5.56 Å². The molecule has 0 aliphatic carbocycles. The highest BCUT2D eigenvalue weighted by Crippen LogP contribution is 2.29. The van der Waals surface area contributed by atoms with Crippen molar-refractivity contribution in [1.29, 1.82) is 0 Å². The molecular formula is C14H19ClN2O. The third kappa shape index (κ3) is 2.96. The molecule has 1 aliphatic heterocycles. The Morgan fingerprint density at radius 1 is 1.33 bits per heavy atom. The second-order valence-corrected chi connectivity index (χ2v) is 5.40. The fourth-order valence-electron chi connectivity index (χ4n) is 2.20. The molecule has 1 fully saturated rings. The van der Waals surface area contributed by atoms with Crippen LogP contribution in [0.4, 0.5) is 5.69 Å². The Balaban J connectivity index is 2.22. The van der Waals surface area contributed by atoms with Crippen LogP contribution in [0.5, 0.6) is 0 Å². The molecule has 2 rings (SSSR count). The van der Waals surface area contributed by atoms with Gasteiger partial charge in [-0.15, -0.1) is 0 Å². The molecule has 1 N–H and O–H groups in total. The van der Waals surface area contributed by atoms with E-state index in [0.717, 1.165) is 23.8 Å². The fourth-order valence-corrected chi connectivity index (χ4v) is 2.44. The summed E-state index contributed by atoms with van der Waals surface area (Å²) in [6.45, 7) is 5.95. The summed E-state index contributed by atoms with van der Waals surface area (Å²) < 4.78 is 0. The van der Waals surface area contributed by atoms with Gasteiger partial charge < -0.3 is 10.2 Å². The molecule has 0 bridgehead atoms. The van der Waals surface area contributed by atoms with Gasteiger partial charge in [-0.25, -0.2) is 0 Å². The number of anilines is 1. The maximum absolute atomic E-state index is 12.0. The minimum atomic E-state index is -0.0397. The van der Waals surface area contributed by atoms with Crippen molar-refractivity contribution in [2.24, 2.45) is 0 Å².